The summed E-state index contributed by atoms with van der Waals surface area (Å²) in [5.74, 6) is -0.262. The molecule has 0 radical (unpaired) electrons. The number of nitrogens with zero attached hydrogens (tertiary/aromatic N) is 1. The average Bonchev–Trinajstić information content (AvgIpc) is 2.87. The molecule has 1 heterocycles. The molecule has 0 spiro atoms. The standard InChI is InChI=1S/C10H10Cl2N2O/c1-10(4-5-10)14-9(15)8-6(11)2-3-7(12)13-8/h2-3H,4-5H2,1H3,(H,14,15). The summed E-state index contributed by atoms with van der Waals surface area (Å²) in [6.07, 6.45) is 1.99. The van der Waals surface area contributed by atoms with Crippen molar-refractivity contribution in [3.63, 3.8) is 0 Å². The molecule has 0 bridgehead atoms. The number of aromatic nitrogens is 1. The van der Waals surface area contributed by atoms with Gasteiger partial charge < -0.3 is 5.32 Å². The highest BCUT2D eigenvalue weighted by atomic mass is 35.5. The number of hydrogen-bond acceptors (Lipinski definition) is 2. The second kappa shape index (κ2) is 3.65. The lowest BCUT2D eigenvalue weighted by atomic mass is 10.3. The number of halogens is 2. The number of hydrogen-bond donors (Lipinski definition) is 1. The molecule has 0 saturated heterocycles. The van der Waals surface area contributed by atoms with Gasteiger partial charge in [0, 0.05) is 5.54 Å². The predicted octanol–water partition coefficient (Wildman–Crippen LogP) is 2.67. The highest BCUT2D eigenvalue weighted by Crippen LogP contribution is 2.34. The quantitative estimate of drug-likeness (QED) is 0.814. The summed E-state index contributed by atoms with van der Waals surface area (Å²) in [5, 5.41) is 3.46. The maximum Gasteiger partial charge on any atom is 0.271 e. The van der Waals surface area contributed by atoms with E-state index in [1.54, 1.807) is 12.1 Å². The first-order chi connectivity index (χ1) is 7.00. The summed E-state index contributed by atoms with van der Waals surface area (Å²) < 4.78 is 0. The Hall–Kier alpha value is -0.800. The summed E-state index contributed by atoms with van der Waals surface area (Å²) in [6.45, 7) is 1.99. The third-order valence-corrected chi connectivity index (χ3v) is 2.96. The number of pyridine rings is 1. The topological polar surface area (TPSA) is 42.0 Å². The number of rotatable bonds is 2. The van der Waals surface area contributed by atoms with Crippen LogP contribution in [-0.2, 0) is 0 Å². The molecular formula is C10H10Cl2N2O. The molecule has 1 amide bonds. The van der Waals surface area contributed by atoms with E-state index >= 15 is 0 Å². The number of amides is 1. The lowest BCUT2D eigenvalue weighted by Gasteiger charge is -2.11. The van der Waals surface area contributed by atoms with Crippen LogP contribution in [0.15, 0.2) is 12.1 Å². The zero-order chi connectivity index (χ0) is 11.1. The Morgan fingerprint density at radius 2 is 2.13 bits per heavy atom. The molecule has 1 saturated carbocycles. The predicted molar refractivity (Wildman–Crippen MR) is 59.4 cm³/mol. The van der Waals surface area contributed by atoms with E-state index in [0.29, 0.717) is 5.02 Å². The van der Waals surface area contributed by atoms with Crippen molar-refractivity contribution in [1.82, 2.24) is 10.3 Å². The molecule has 1 fully saturated rings. The number of nitrogens with one attached hydrogen (secondary N) is 1. The summed E-state index contributed by atoms with van der Waals surface area (Å²) in [6, 6.07) is 3.13. The van der Waals surface area contributed by atoms with Crippen molar-refractivity contribution < 1.29 is 4.79 Å². The second-order valence-electron chi connectivity index (χ2n) is 3.98. The molecular weight excluding hydrogens is 235 g/mol. The average molecular weight is 245 g/mol. The van der Waals surface area contributed by atoms with Crippen LogP contribution in [0, 0.1) is 0 Å². The van der Waals surface area contributed by atoms with Crippen LogP contribution in [0.1, 0.15) is 30.3 Å². The maximum atomic E-state index is 11.8. The Morgan fingerprint density at radius 3 is 2.73 bits per heavy atom. The molecule has 15 heavy (non-hydrogen) atoms. The van der Waals surface area contributed by atoms with Crippen LogP contribution < -0.4 is 5.32 Å². The van der Waals surface area contributed by atoms with Gasteiger partial charge in [0.15, 0.2) is 0 Å². The number of carbonyl (C=O) groups excluding carboxylic acids is 1. The highest BCUT2D eigenvalue weighted by Gasteiger charge is 2.39. The molecule has 0 aromatic carbocycles. The van der Waals surface area contributed by atoms with Crippen LogP contribution in [-0.4, -0.2) is 16.4 Å². The minimum Gasteiger partial charge on any atom is -0.345 e. The molecule has 0 unspecified atom stereocenters. The Morgan fingerprint density at radius 1 is 1.47 bits per heavy atom. The van der Waals surface area contributed by atoms with E-state index in [9.17, 15) is 4.79 Å². The summed E-state index contributed by atoms with van der Waals surface area (Å²) >= 11 is 11.6. The van der Waals surface area contributed by atoms with E-state index in [-0.39, 0.29) is 22.3 Å². The molecule has 5 heteroatoms. The van der Waals surface area contributed by atoms with Crippen molar-refractivity contribution >= 4 is 29.1 Å². The van der Waals surface area contributed by atoms with Crippen LogP contribution in [0.25, 0.3) is 0 Å². The first kappa shape index (κ1) is 10.7. The Bertz CT molecular complexity index is 416. The van der Waals surface area contributed by atoms with Gasteiger partial charge in [-0.2, -0.15) is 0 Å². The summed E-state index contributed by atoms with van der Waals surface area (Å²) in [4.78, 5) is 15.7. The van der Waals surface area contributed by atoms with E-state index in [1.165, 1.54) is 0 Å². The SMILES string of the molecule is CC1(NC(=O)c2nc(Cl)ccc2Cl)CC1. The van der Waals surface area contributed by atoms with Gasteiger partial charge in [0.25, 0.3) is 5.91 Å². The van der Waals surface area contributed by atoms with Crippen molar-refractivity contribution in [2.75, 3.05) is 0 Å². The van der Waals surface area contributed by atoms with Crippen LogP contribution in [0.2, 0.25) is 10.2 Å². The fourth-order valence-electron chi connectivity index (χ4n) is 1.22. The Balaban J connectivity index is 2.21. The summed E-state index contributed by atoms with van der Waals surface area (Å²) in [5.41, 5.74) is 0.113. The molecule has 1 aliphatic carbocycles. The van der Waals surface area contributed by atoms with Gasteiger partial charge >= 0.3 is 0 Å². The first-order valence-corrected chi connectivity index (χ1v) is 5.40. The Kier molecular flexibility index (Phi) is 2.61. The van der Waals surface area contributed by atoms with Gasteiger partial charge in [-0.05, 0) is 31.9 Å². The first-order valence-electron chi connectivity index (χ1n) is 4.65. The van der Waals surface area contributed by atoms with Gasteiger partial charge in [-0.15, -0.1) is 0 Å². The molecule has 0 aliphatic heterocycles. The van der Waals surface area contributed by atoms with Crippen LogP contribution in [0.4, 0.5) is 0 Å². The van der Waals surface area contributed by atoms with Gasteiger partial charge in [0.1, 0.15) is 10.8 Å². The smallest absolute Gasteiger partial charge is 0.271 e. The molecule has 1 N–H and O–H groups in total. The van der Waals surface area contributed by atoms with Crippen LogP contribution >= 0.6 is 23.2 Å². The molecule has 1 aliphatic rings. The van der Waals surface area contributed by atoms with Crippen molar-refractivity contribution in [3.05, 3.63) is 28.0 Å². The molecule has 1 aromatic heterocycles. The number of carbonyl (C=O) groups is 1. The Labute approximate surface area is 97.8 Å². The van der Waals surface area contributed by atoms with Gasteiger partial charge in [-0.3, -0.25) is 4.79 Å². The maximum absolute atomic E-state index is 11.8. The van der Waals surface area contributed by atoms with Gasteiger partial charge in [0.2, 0.25) is 0 Å². The molecule has 80 valence electrons. The van der Waals surface area contributed by atoms with E-state index in [1.807, 2.05) is 6.92 Å². The van der Waals surface area contributed by atoms with Gasteiger partial charge in [0.05, 0.1) is 5.02 Å². The van der Waals surface area contributed by atoms with Crippen molar-refractivity contribution in [2.24, 2.45) is 0 Å². The van der Waals surface area contributed by atoms with Crippen molar-refractivity contribution in [1.29, 1.82) is 0 Å². The lowest BCUT2D eigenvalue weighted by molar-refractivity contribution is 0.0930. The normalized spacial score (nSPS) is 17.3. The fraction of sp³-hybridized carbons (Fsp3) is 0.400. The zero-order valence-electron chi connectivity index (χ0n) is 8.18. The third-order valence-electron chi connectivity index (χ3n) is 2.44. The minimum absolute atomic E-state index is 0.0790. The second-order valence-corrected chi connectivity index (χ2v) is 4.77. The molecule has 0 atom stereocenters. The van der Waals surface area contributed by atoms with Crippen LogP contribution in [0.3, 0.4) is 0 Å². The third kappa shape index (κ3) is 2.41. The fourth-order valence-corrected chi connectivity index (χ4v) is 1.56. The minimum atomic E-state index is -0.262. The van der Waals surface area contributed by atoms with Crippen molar-refractivity contribution in [3.8, 4) is 0 Å². The largest absolute Gasteiger partial charge is 0.345 e. The zero-order valence-corrected chi connectivity index (χ0v) is 9.69. The van der Waals surface area contributed by atoms with E-state index < -0.39 is 0 Å². The highest BCUT2D eigenvalue weighted by molar-refractivity contribution is 6.34. The van der Waals surface area contributed by atoms with Crippen molar-refractivity contribution in [2.45, 2.75) is 25.3 Å². The monoisotopic (exact) mass is 244 g/mol. The van der Waals surface area contributed by atoms with E-state index in [2.05, 4.69) is 10.3 Å². The molecule has 2 rings (SSSR count). The van der Waals surface area contributed by atoms with Crippen LogP contribution in [0.5, 0.6) is 0 Å². The van der Waals surface area contributed by atoms with Gasteiger partial charge in [-0.1, -0.05) is 23.2 Å². The van der Waals surface area contributed by atoms with Gasteiger partial charge in [-0.25, -0.2) is 4.98 Å². The summed E-state index contributed by atoms with van der Waals surface area (Å²) in [7, 11) is 0. The molecule has 3 nitrogen and oxygen atoms in total. The van der Waals surface area contributed by atoms with E-state index in [4.69, 9.17) is 23.2 Å². The lowest BCUT2D eigenvalue weighted by Crippen LogP contribution is -2.34. The molecule has 1 aromatic rings. The van der Waals surface area contributed by atoms with E-state index in [0.717, 1.165) is 12.8 Å².